The highest BCUT2D eigenvalue weighted by atomic mass is 33.1. The molecule has 4 aliphatic heterocycles. The summed E-state index contributed by atoms with van der Waals surface area (Å²) in [6.45, 7) is 3.24. The Labute approximate surface area is 131 Å². The second-order valence-electron chi connectivity index (χ2n) is 5.38. The Morgan fingerprint density at radius 3 is 2.70 bits per heavy atom. The third kappa shape index (κ3) is 2.32. The van der Waals surface area contributed by atoms with Gasteiger partial charge in [0.25, 0.3) is 0 Å². The van der Waals surface area contributed by atoms with Crippen molar-refractivity contribution in [1.82, 2.24) is 9.59 Å². The molecule has 0 spiro atoms. The van der Waals surface area contributed by atoms with Gasteiger partial charge in [-0.25, -0.2) is 0 Å². The molecule has 8 heteroatoms. The Kier molecular flexibility index (Phi) is 4.45. The summed E-state index contributed by atoms with van der Waals surface area (Å²) in [4.78, 5) is 5.82. The van der Waals surface area contributed by atoms with Crippen LogP contribution in [0.5, 0.6) is 0 Å². The first-order chi connectivity index (χ1) is 9.91. The fraction of sp³-hybridized carbons (Fsp3) is 1.00. The van der Waals surface area contributed by atoms with Crippen molar-refractivity contribution in [3.05, 3.63) is 0 Å². The Bertz CT molecular complexity index is 329. The first kappa shape index (κ1) is 14.4. The van der Waals surface area contributed by atoms with E-state index in [1.54, 1.807) is 0 Å². The zero-order valence-electron chi connectivity index (χ0n) is 11.4. The summed E-state index contributed by atoms with van der Waals surface area (Å²) in [7, 11) is 3.99. The molecule has 2 unspecified atom stereocenters. The molecule has 0 N–H and O–H groups in total. The predicted octanol–water partition coefficient (Wildman–Crippen LogP) is 2.16. The van der Waals surface area contributed by atoms with Gasteiger partial charge in [0.1, 0.15) is 5.54 Å². The van der Waals surface area contributed by atoms with Crippen LogP contribution in [0.1, 0.15) is 19.3 Å². The fourth-order valence-electron chi connectivity index (χ4n) is 3.32. The molecule has 20 heavy (non-hydrogen) atoms. The minimum atomic E-state index is -0.113. The van der Waals surface area contributed by atoms with Crippen LogP contribution in [0.15, 0.2) is 0 Å². The lowest BCUT2D eigenvalue weighted by molar-refractivity contribution is -0.267. The van der Waals surface area contributed by atoms with Gasteiger partial charge in [-0.15, -0.1) is 9.59 Å². The van der Waals surface area contributed by atoms with Crippen molar-refractivity contribution in [2.75, 3.05) is 37.9 Å². The summed E-state index contributed by atoms with van der Waals surface area (Å²) in [6.07, 6.45) is 3.33. The molecule has 4 fully saturated rings. The topological polar surface area (TPSA) is 34.2 Å². The zero-order valence-corrected chi connectivity index (χ0v) is 13.8. The maximum atomic E-state index is 5.96. The van der Waals surface area contributed by atoms with Gasteiger partial charge in [-0.1, -0.05) is 33.5 Å². The molecule has 0 bridgehead atoms. The van der Waals surface area contributed by atoms with Gasteiger partial charge < -0.3 is 9.47 Å². The van der Waals surface area contributed by atoms with Crippen molar-refractivity contribution >= 4 is 33.5 Å². The van der Waals surface area contributed by atoms with E-state index in [1.807, 2.05) is 33.5 Å². The third-order valence-electron chi connectivity index (χ3n) is 4.24. The van der Waals surface area contributed by atoms with Crippen molar-refractivity contribution in [2.24, 2.45) is 0 Å². The average Bonchev–Trinajstić information content (AvgIpc) is 3.23. The van der Waals surface area contributed by atoms with Crippen molar-refractivity contribution in [3.63, 3.8) is 0 Å². The van der Waals surface area contributed by atoms with Gasteiger partial charge in [-0.3, -0.25) is 4.84 Å². The quantitative estimate of drug-likeness (QED) is 0.573. The van der Waals surface area contributed by atoms with E-state index >= 15 is 0 Å². The number of nitrogens with zero attached hydrogens (tertiary/aromatic N) is 2. The zero-order chi connectivity index (χ0) is 13.4. The van der Waals surface area contributed by atoms with Crippen molar-refractivity contribution in [3.8, 4) is 0 Å². The van der Waals surface area contributed by atoms with Crippen LogP contribution in [0.25, 0.3) is 0 Å². The number of rotatable bonds is 3. The molecule has 4 heterocycles. The lowest BCUT2D eigenvalue weighted by Crippen LogP contribution is -2.62. The molecule has 0 saturated carbocycles. The summed E-state index contributed by atoms with van der Waals surface area (Å²) >= 11 is 1.87. The van der Waals surface area contributed by atoms with E-state index in [0.29, 0.717) is 5.25 Å². The van der Waals surface area contributed by atoms with Crippen LogP contribution in [0.3, 0.4) is 0 Å². The molecule has 0 aliphatic carbocycles. The van der Waals surface area contributed by atoms with Gasteiger partial charge >= 0.3 is 0 Å². The standard InChI is InChI=1S/C12H20N2O3S3/c1-4-13(17-5-1)14-12(3-9-18-14,10-2-8-19-20-10)11-15-6-7-16-11/h10-11H,1-9H2. The number of hydrazine groups is 1. The maximum absolute atomic E-state index is 5.96. The van der Waals surface area contributed by atoms with E-state index in [4.69, 9.17) is 14.3 Å². The first-order valence-electron chi connectivity index (χ1n) is 7.26. The number of ether oxygens (including phenoxy) is 2. The molecule has 0 aromatic heterocycles. The molecule has 0 aromatic carbocycles. The minimum Gasteiger partial charge on any atom is -0.348 e. The molecule has 2 atom stereocenters. The third-order valence-corrected chi connectivity index (χ3v) is 8.42. The van der Waals surface area contributed by atoms with E-state index in [0.717, 1.165) is 45.0 Å². The Balaban J connectivity index is 1.64. The molecule has 114 valence electrons. The molecule has 5 nitrogen and oxygen atoms in total. The molecular weight excluding hydrogens is 316 g/mol. The summed E-state index contributed by atoms with van der Waals surface area (Å²) in [5.41, 5.74) is -0.0698. The van der Waals surface area contributed by atoms with E-state index in [2.05, 4.69) is 9.59 Å². The summed E-state index contributed by atoms with van der Waals surface area (Å²) in [5.74, 6) is 2.34. The van der Waals surface area contributed by atoms with E-state index in [1.165, 1.54) is 12.2 Å². The van der Waals surface area contributed by atoms with Crippen LogP contribution in [-0.4, -0.2) is 64.5 Å². The monoisotopic (exact) mass is 336 g/mol. The summed E-state index contributed by atoms with van der Waals surface area (Å²) < 4.78 is 14.3. The highest BCUT2D eigenvalue weighted by Gasteiger charge is 2.59. The van der Waals surface area contributed by atoms with Crippen LogP contribution in [-0.2, 0) is 14.3 Å². The molecule has 4 saturated heterocycles. The van der Waals surface area contributed by atoms with Gasteiger partial charge in [0.05, 0.1) is 19.8 Å². The summed E-state index contributed by atoms with van der Waals surface area (Å²) in [5, 5.41) is 2.61. The highest BCUT2D eigenvalue weighted by Crippen LogP contribution is 2.54. The smallest absolute Gasteiger partial charge is 0.179 e. The Morgan fingerprint density at radius 1 is 1.10 bits per heavy atom. The maximum Gasteiger partial charge on any atom is 0.179 e. The normalized spacial score (nSPS) is 41.1. The fourth-order valence-corrected chi connectivity index (χ4v) is 8.09. The van der Waals surface area contributed by atoms with Crippen LogP contribution in [0.2, 0.25) is 0 Å². The van der Waals surface area contributed by atoms with E-state index < -0.39 is 0 Å². The predicted molar refractivity (Wildman–Crippen MR) is 83.1 cm³/mol. The van der Waals surface area contributed by atoms with E-state index in [-0.39, 0.29) is 11.8 Å². The number of hydroxylamine groups is 1. The van der Waals surface area contributed by atoms with Crippen molar-refractivity contribution in [1.29, 1.82) is 0 Å². The Hall–Kier alpha value is 0.850. The van der Waals surface area contributed by atoms with Gasteiger partial charge in [-0.2, -0.15) is 0 Å². The van der Waals surface area contributed by atoms with Crippen LogP contribution < -0.4 is 0 Å². The number of hydrogen-bond donors (Lipinski definition) is 0. The van der Waals surface area contributed by atoms with Gasteiger partial charge in [0, 0.05) is 23.3 Å². The lowest BCUT2D eigenvalue weighted by Gasteiger charge is -2.46. The Morgan fingerprint density at radius 2 is 2.00 bits per heavy atom. The second-order valence-corrected chi connectivity index (χ2v) is 9.08. The molecule has 0 radical (unpaired) electrons. The van der Waals surface area contributed by atoms with Crippen molar-refractivity contribution in [2.45, 2.75) is 36.3 Å². The van der Waals surface area contributed by atoms with Gasteiger partial charge in [0.2, 0.25) is 0 Å². The number of hydrogen-bond acceptors (Lipinski definition) is 8. The average molecular weight is 337 g/mol. The largest absolute Gasteiger partial charge is 0.348 e. The van der Waals surface area contributed by atoms with Crippen LogP contribution in [0, 0.1) is 0 Å². The second kappa shape index (κ2) is 6.16. The molecule has 0 aromatic rings. The van der Waals surface area contributed by atoms with Crippen LogP contribution >= 0.6 is 33.5 Å². The van der Waals surface area contributed by atoms with Gasteiger partial charge in [-0.05, 0) is 19.3 Å². The highest BCUT2D eigenvalue weighted by molar-refractivity contribution is 8.77. The van der Waals surface area contributed by atoms with Crippen molar-refractivity contribution < 1.29 is 14.3 Å². The van der Waals surface area contributed by atoms with Gasteiger partial charge in [0.15, 0.2) is 6.29 Å². The molecule has 4 aliphatic rings. The SMILES string of the molecule is C1CON(N2SCCC2(C2OCCO2)C2CCSS2)C1. The van der Waals surface area contributed by atoms with Crippen LogP contribution in [0.4, 0.5) is 0 Å². The minimum absolute atomic E-state index is 0.0698. The molecular formula is C12H20N2O3S3. The summed E-state index contributed by atoms with van der Waals surface area (Å²) in [6, 6.07) is 0. The first-order valence-corrected chi connectivity index (χ1v) is 10.6. The molecule has 0 amide bonds. The lowest BCUT2D eigenvalue weighted by atomic mass is 9.89. The molecule has 4 rings (SSSR count). The van der Waals surface area contributed by atoms with E-state index in [9.17, 15) is 0 Å².